The zero-order valence-corrected chi connectivity index (χ0v) is 12.3. The molecule has 98 valence electrons. The highest BCUT2D eigenvalue weighted by Crippen LogP contribution is 2.43. The summed E-state index contributed by atoms with van der Waals surface area (Å²) in [4.78, 5) is 11.6. The van der Waals surface area contributed by atoms with Crippen LogP contribution in [0.1, 0.15) is 40.2 Å². The average molecular weight is 333 g/mol. The van der Waals surface area contributed by atoms with E-state index in [1.165, 1.54) is 7.11 Å². The van der Waals surface area contributed by atoms with Gasteiger partial charge in [-0.2, -0.15) is 0 Å². The van der Waals surface area contributed by atoms with E-state index < -0.39 is 16.7 Å². The van der Waals surface area contributed by atoms with Gasteiger partial charge < -0.3 is 4.74 Å². The van der Waals surface area contributed by atoms with Gasteiger partial charge in [0, 0.05) is 4.47 Å². The maximum Gasteiger partial charge on any atom is 0.339 e. The van der Waals surface area contributed by atoms with Crippen LogP contribution in [0.4, 0.5) is 0 Å². The number of rotatable bonds is 4. The molecule has 1 aliphatic carbocycles. The molecule has 0 atom stereocenters. The van der Waals surface area contributed by atoms with Crippen molar-refractivity contribution in [3.8, 4) is 0 Å². The largest absolute Gasteiger partial charge is 0.465 e. The molecule has 1 aromatic rings. The number of ether oxygens (including phenoxy) is 1. The van der Waals surface area contributed by atoms with Crippen molar-refractivity contribution in [1.82, 2.24) is 0 Å². The highest BCUT2D eigenvalue weighted by molar-refractivity contribution is 9.10. The number of benzene rings is 1. The minimum atomic E-state index is -2.50. The van der Waals surface area contributed by atoms with Crippen LogP contribution in [0.25, 0.3) is 0 Å². The number of hydrogen-bond acceptors (Lipinski definition) is 4. The predicted octanol–water partition coefficient (Wildman–Crippen LogP) is 2.22. The Hall–Kier alpha value is -0.880. The second kappa shape index (κ2) is 5.40. The summed E-state index contributed by atoms with van der Waals surface area (Å²) in [6.07, 6.45) is 2.15. The first kappa shape index (κ1) is 13.5. The molecule has 0 aliphatic heterocycles. The number of halogens is 1. The molecule has 0 heterocycles. The number of hydrogen-bond donors (Lipinski definition) is 1. The lowest BCUT2D eigenvalue weighted by Gasteiger charge is -2.10. The van der Waals surface area contributed by atoms with Gasteiger partial charge in [0.25, 0.3) is 0 Å². The molecule has 0 amide bonds. The summed E-state index contributed by atoms with van der Waals surface area (Å²) in [7, 11) is -1.20. The Balaban J connectivity index is 2.48. The van der Waals surface area contributed by atoms with E-state index in [0.717, 1.165) is 18.4 Å². The number of thiol groups is 1. The van der Waals surface area contributed by atoms with Crippen LogP contribution in [0.2, 0.25) is 0 Å². The third-order valence-corrected chi connectivity index (χ3v) is 4.21. The van der Waals surface area contributed by atoms with Crippen molar-refractivity contribution in [2.24, 2.45) is 0 Å². The van der Waals surface area contributed by atoms with Crippen molar-refractivity contribution in [2.45, 2.75) is 24.5 Å². The fraction of sp³-hybridized carbons (Fsp3) is 0.417. The van der Waals surface area contributed by atoms with E-state index >= 15 is 0 Å². The maximum absolute atomic E-state index is 11.6. The minimum Gasteiger partial charge on any atom is -0.465 e. The van der Waals surface area contributed by atoms with Crippen LogP contribution >= 0.6 is 15.9 Å². The molecular formula is C12H13BrO4S. The molecule has 6 heteroatoms. The average Bonchev–Trinajstić information content (AvgIpc) is 3.13. The third kappa shape index (κ3) is 2.92. The first-order chi connectivity index (χ1) is 8.52. The summed E-state index contributed by atoms with van der Waals surface area (Å²) in [5.74, 6) is -0.0668. The van der Waals surface area contributed by atoms with Crippen molar-refractivity contribution in [3.05, 3.63) is 33.3 Å². The molecule has 0 unspecified atom stereocenters. The van der Waals surface area contributed by atoms with Gasteiger partial charge in [-0.25, -0.2) is 13.2 Å². The zero-order chi connectivity index (χ0) is 13.3. The van der Waals surface area contributed by atoms with Gasteiger partial charge in [0.2, 0.25) is 0 Å². The topological polar surface area (TPSA) is 60.4 Å². The van der Waals surface area contributed by atoms with Crippen LogP contribution in [-0.4, -0.2) is 21.5 Å². The Bertz CT molecular complexity index is 553. The van der Waals surface area contributed by atoms with Crippen molar-refractivity contribution in [1.29, 1.82) is 0 Å². The third-order valence-electron chi connectivity index (χ3n) is 2.95. The Labute approximate surface area is 115 Å². The van der Waals surface area contributed by atoms with E-state index in [1.54, 1.807) is 6.07 Å². The van der Waals surface area contributed by atoms with Crippen molar-refractivity contribution < 1.29 is 17.9 Å². The summed E-state index contributed by atoms with van der Waals surface area (Å²) < 4.78 is 27.1. The highest BCUT2D eigenvalue weighted by Gasteiger charge is 2.28. The Morgan fingerprint density at radius 1 is 1.44 bits per heavy atom. The second-order valence-electron chi connectivity index (χ2n) is 4.29. The molecule has 0 spiro atoms. The van der Waals surface area contributed by atoms with Crippen LogP contribution in [-0.2, 0) is 21.2 Å². The normalized spacial score (nSPS) is 14.8. The van der Waals surface area contributed by atoms with Crippen molar-refractivity contribution in [3.63, 3.8) is 0 Å². The Kier molecular flexibility index (Phi) is 4.07. The predicted molar refractivity (Wildman–Crippen MR) is 71.5 cm³/mol. The Morgan fingerprint density at radius 2 is 2.11 bits per heavy atom. The SMILES string of the molecule is COC(=O)c1cc(C[SH](=O)=O)c(C2CC2)cc1Br. The number of methoxy groups -OCH3 is 1. The highest BCUT2D eigenvalue weighted by atomic mass is 79.9. The van der Waals surface area contributed by atoms with Gasteiger partial charge in [-0.15, -0.1) is 0 Å². The summed E-state index contributed by atoms with van der Waals surface area (Å²) in [6.45, 7) is 0. The fourth-order valence-corrected chi connectivity index (χ4v) is 3.03. The van der Waals surface area contributed by atoms with E-state index in [-0.39, 0.29) is 5.75 Å². The molecule has 1 saturated carbocycles. The van der Waals surface area contributed by atoms with Crippen molar-refractivity contribution >= 4 is 32.6 Å². The maximum atomic E-state index is 11.6. The van der Waals surface area contributed by atoms with Gasteiger partial charge in [-0.3, -0.25) is 0 Å². The van der Waals surface area contributed by atoms with Crippen LogP contribution in [0, 0.1) is 0 Å². The standard InChI is InChI=1S/C12H13BrO4S/c1-17-12(14)10-4-8(6-18(15)16)9(5-11(10)13)7-2-3-7/h4-5,7,18H,2-3,6H2,1H3. The molecule has 1 aliphatic rings. The molecule has 0 radical (unpaired) electrons. The van der Waals surface area contributed by atoms with Gasteiger partial charge in [0.15, 0.2) is 0 Å². The fourth-order valence-electron chi connectivity index (χ4n) is 1.95. The molecule has 1 fully saturated rings. The lowest BCUT2D eigenvalue weighted by atomic mass is 10.0. The van der Waals surface area contributed by atoms with Crippen LogP contribution in [0.5, 0.6) is 0 Å². The lowest BCUT2D eigenvalue weighted by molar-refractivity contribution is 0.0599. The molecule has 0 bridgehead atoms. The quantitative estimate of drug-likeness (QED) is 0.678. The number of carbonyl (C=O) groups excluding carboxylic acids is 1. The monoisotopic (exact) mass is 332 g/mol. The summed E-state index contributed by atoms with van der Waals surface area (Å²) in [6, 6.07) is 3.47. The van der Waals surface area contributed by atoms with E-state index in [2.05, 4.69) is 20.7 Å². The first-order valence-corrected chi connectivity index (χ1v) is 7.71. The molecule has 0 N–H and O–H groups in total. The molecule has 18 heavy (non-hydrogen) atoms. The lowest BCUT2D eigenvalue weighted by Crippen LogP contribution is -2.05. The first-order valence-electron chi connectivity index (χ1n) is 5.55. The number of carbonyl (C=O) groups is 1. The van der Waals surface area contributed by atoms with Gasteiger partial charge in [-0.05, 0) is 57.9 Å². The van der Waals surface area contributed by atoms with Gasteiger partial charge in [0.05, 0.1) is 18.4 Å². The van der Waals surface area contributed by atoms with Crippen LogP contribution in [0.3, 0.4) is 0 Å². The molecule has 2 rings (SSSR count). The molecular weight excluding hydrogens is 320 g/mol. The van der Waals surface area contributed by atoms with Crippen LogP contribution < -0.4 is 0 Å². The van der Waals surface area contributed by atoms with Gasteiger partial charge >= 0.3 is 5.97 Å². The summed E-state index contributed by atoms with van der Waals surface area (Å²) in [5.41, 5.74) is 2.10. The molecule has 0 aromatic heterocycles. The van der Waals surface area contributed by atoms with E-state index in [1.807, 2.05) is 6.07 Å². The molecule has 0 saturated heterocycles. The second-order valence-corrected chi connectivity index (χ2v) is 6.12. The van der Waals surface area contributed by atoms with E-state index in [4.69, 9.17) is 0 Å². The van der Waals surface area contributed by atoms with Gasteiger partial charge in [0.1, 0.15) is 10.7 Å². The van der Waals surface area contributed by atoms with Gasteiger partial charge in [-0.1, -0.05) is 0 Å². The van der Waals surface area contributed by atoms with Crippen LogP contribution in [0.15, 0.2) is 16.6 Å². The Morgan fingerprint density at radius 3 is 2.61 bits per heavy atom. The summed E-state index contributed by atoms with van der Waals surface area (Å²) >= 11 is 3.33. The number of esters is 1. The smallest absolute Gasteiger partial charge is 0.339 e. The molecule has 1 aromatic carbocycles. The van der Waals surface area contributed by atoms with Crippen molar-refractivity contribution in [2.75, 3.05) is 7.11 Å². The van der Waals surface area contributed by atoms with E-state index in [9.17, 15) is 13.2 Å². The minimum absolute atomic E-state index is 0.0293. The zero-order valence-electron chi connectivity index (χ0n) is 9.81. The molecule has 4 nitrogen and oxygen atoms in total. The summed E-state index contributed by atoms with van der Waals surface area (Å²) in [5, 5.41) is 0. The van der Waals surface area contributed by atoms with E-state index in [0.29, 0.717) is 21.5 Å².